The molecule has 0 saturated heterocycles. The Labute approximate surface area is 82.7 Å². The van der Waals surface area contributed by atoms with Crippen molar-refractivity contribution in [3.05, 3.63) is 27.3 Å². The largest absolute Gasteiger partial charge is 0.416 e. The summed E-state index contributed by atoms with van der Waals surface area (Å²) in [6, 6.07) is 3.72. The van der Waals surface area contributed by atoms with Gasteiger partial charge in [-0.2, -0.15) is 13.2 Å². The van der Waals surface area contributed by atoms with Crippen molar-refractivity contribution in [3.8, 4) is 0 Å². The van der Waals surface area contributed by atoms with Crippen LogP contribution in [0.4, 0.5) is 13.2 Å². The summed E-state index contributed by atoms with van der Waals surface area (Å²) in [7, 11) is 1.78. The molecule has 1 rings (SSSR count). The second kappa shape index (κ2) is 3.28. The van der Waals surface area contributed by atoms with Gasteiger partial charge in [-0.15, -0.1) is 0 Å². The number of alkyl halides is 3. The minimum atomic E-state index is -4.23. The number of hydrogen-bond acceptors (Lipinski definition) is 0. The Kier molecular flexibility index (Phi) is 2.70. The van der Waals surface area contributed by atoms with Crippen LogP contribution in [-0.4, -0.2) is 7.85 Å². The third kappa shape index (κ3) is 2.15. The average molecular weight is 284 g/mol. The molecule has 0 spiro atoms. The van der Waals surface area contributed by atoms with Gasteiger partial charge in [0.15, 0.2) is 0 Å². The molecule has 0 radical (unpaired) electrons. The summed E-state index contributed by atoms with van der Waals surface area (Å²) >= 11 is 1.89. The summed E-state index contributed by atoms with van der Waals surface area (Å²) in [6.07, 6.45) is -4.23. The molecule has 0 unspecified atom stereocenters. The van der Waals surface area contributed by atoms with Gasteiger partial charge in [0.2, 0.25) is 0 Å². The van der Waals surface area contributed by atoms with Crippen molar-refractivity contribution in [1.29, 1.82) is 0 Å². The van der Waals surface area contributed by atoms with Crippen molar-refractivity contribution in [1.82, 2.24) is 0 Å². The van der Waals surface area contributed by atoms with Gasteiger partial charge in [0.1, 0.15) is 7.85 Å². The molecular formula is C7H5BF3I. The van der Waals surface area contributed by atoms with Crippen LogP contribution < -0.4 is 5.46 Å². The third-order valence-electron chi connectivity index (χ3n) is 1.50. The Balaban J connectivity index is 3.14. The van der Waals surface area contributed by atoms with E-state index in [-0.39, 0.29) is 0 Å². The van der Waals surface area contributed by atoms with Crippen LogP contribution in [0, 0.1) is 3.57 Å². The average Bonchev–Trinajstić information content (AvgIpc) is 1.92. The second-order valence-corrected chi connectivity index (χ2v) is 3.62. The fourth-order valence-electron chi connectivity index (χ4n) is 0.769. The van der Waals surface area contributed by atoms with Crippen molar-refractivity contribution in [2.75, 3.05) is 0 Å². The Bertz CT molecular complexity index is 295. The zero-order chi connectivity index (χ0) is 9.35. The van der Waals surface area contributed by atoms with Crippen molar-refractivity contribution in [2.24, 2.45) is 0 Å². The van der Waals surface area contributed by atoms with Crippen LogP contribution in [0.5, 0.6) is 0 Å². The highest BCUT2D eigenvalue weighted by Crippen LogP contribution is 2.29. The van der Waals surface area contributed by atoms with E-state index in [1.165, 1.54) is 6.07 Å². The number of benzene rings is 1. The lowest BCUT2D eigenvalue weighted by Crippen LogP contribution is -2.12. The summed E-state index contributed by atoms with van der Waals surface area (Å²) in [6.45, 7) is 0. The number of hydrogen-bond donors (Lipinski definition) is 0. The molecule has 0 amide bonds. The maximum atomic E-state index is 12.1. The van der Waals surface area contributed by atoms with Gasteiger partial charge in [-0.05, 0) is 28.7 Å². The summed E-state index contributed by atoms with van der Waals surface area (Å²) in [5.74, 6) is 0. The van der Waals surface area contributed by atoms with E-state index in [0.29, 0.717) is 3.57 Å². The first-order valence-corrected chi connectivity index (χ1v) is 4.32. The molecule has 0 atom stereocenters. The maximum absolute atomic E-state index is 12.1. The topological polar surface area (TPSA) is 0 Å². The molecule has 12 heavy (non-hydrogen) atoms. The third-order valence-corrected chi connectivity index (χ3v) is 2.66. The highest BCUT2D eigenvalue weighted by Gasteiger charge is 2.30. The quantitative estimate of drug-likeness (QED) is 0.501. The molecule has 1 aromatic carbocycles. The standard InChI is InChI=1S/C7H5BF3I/c8-5-2-1-4(3-6(5)12)7(9,10)11/h1-3H,8H2. The van der Waals surface area contributed by atoms with E-state index in [4.69, 9.17) is 0 Å². The molecule has 0 saturated carbocycles. The predicted octanol–water partition coefficient (Wildman–Crippen LogP) is 1.57. The first-order valence-electron chi connectivity index (χ1n) is 3.24. The van der Waals surface area contributed by atoms with Gasteiger partial charge < -0.3 is 0 Å². The van der Waals surface area contributed by atoms with Gasteiger partial charge in [0.05, 0.1) is 5.56 Å². The zero-order valence-electron chi connectivity index (χ0n) is 6.24. The van der Waals surface area contributed by atoms with Crippen LogP contribution in [0.2, 0.25) is 0 Å². The molecule has 0 fully saturated rings. The summed E-state index contributed by atoms with van der Waals surface area (Å²) in [5, 5.41) is 0. The fourth-order valence-corrected chi connectivity index (χ4v) is 1.28. The van der Waals surface area contributed by atoms with Crippen LogP contribution in [0.3, 0.4) is 0 Å². The molecule has 64 valence electrons. The lowest BCUT2D eigenvalue weighted by atomic mass is 9.95. The Morgan fingerprint density at radius 2 is 1.83 bits per heavy atom. The van der Waals surface area contributed by atoms with E-state index < -0.39 is 11.7 Å². The van der Waals surface area contributed by atoms with E-state index in [1.807, 2.05) is 22.6 Å². The molecule has 0 aromatic heterocycles. The van der Waals surface area contributed by atoms with Gasteiger partial charge in [-0.3, -0.25) is 0 Å². The lowest BCUT2D eigenvalue weighted by molar-refractivity contribution is -0.137. The fraction of sp³-hybridized carbons (Fsp3) is 0.143. The van der Waals surface area contributed by atoms with Crippen LogP contribution in [0.25, 0.3) is 0 Å². The lowest BCUT2D eigenvalue weighted by Gasteiger charge is -2.07. The van der Waals surface area contributed by atoms with E-state index in [9.17, 15) is 13.2 Å². The van der Waals surface area contributed by atoms with Gasteiger partial charge in [-0.25, -0.2) is 0 Å². The molecule has 1 aromatic rings. The van der Waals surface area contributed by atoms with Gasteiger partial charge in [-0.1, -0.05) is 17.6 Å². The predicted molar refractivity (Wildman–Crippen MR) is 52.3 cm³/mol. The molecular weight excluding hydrogens is 279 g/mol. The summed E-state index contributed by atoms with van der Waals surface area (Å²) in [4.78, 5) is 0. The highest BCUT2D eigenvalue weighted by molar-refractivity contribution is 14.1. The molecule has 0 bridgehead atoms. The number of rotatable bonds is 0. The molecule has 0 heterocycles. The van der Waals surface area contributed by atoms with Gasteiger partial charge in [0.25, 0.3) is 0 Å². The van der Waals surface area contributed by atoms with Gasteiger partial charge in [0, 0.05) is 3.57 Å². The van der Waals surface area contributed by atoms with Crippen molar-refractivity contribution in [3.63, 3.8) is 0 Å². The van der Waals surface area contributed by atoms with Crippen molar-refractivity contribution in [2.45, 2.75) is 6.18 Å². The van der Waals surface area contributed by atoms with E-state index in [0.717, 1.165) is 17.6 Å². The van der Waals surface area contributed by atoms with Crippen LogP contribution in [0.15, 0.2) is 18.2 Å². The summed E-state index contributed by atoms with van der Waals surface area (Å²) < 4.78 is 36.9. The molecule has 0 aliphatic heterocycles. The molecule has 0 N–H and O–H groups in total. The Hall–Kier alpha value is -0.195. The SMILES string of the molecule is Bc1ccc(C(F)(F)F)cc1I. The zero-order valence-corrected chi connectivity index (χ0v) is 8.40. The normalized spacial score (nSPS) is 11.7. The Morgan fingerprint density at radius 3 is 2.25 bits per heavy atom. The van der Waals surface area contributed by atoms with Gasteiger partial charge >= 0.3 is 6.18 Å². The first-order chi connectivity index (χ1) is 5.41. The second-order valence-electron chi connectivity index (χ2n) is 2.46. The van der Waals surface area contributed by atoms with Crippen molar-refractivity contribution >= 4 is 35.9 Å². The molecule has 0 nitrogen and oxygen atoms in total. The van der Waals surface area contributed by atoms with Crippen molar-refractivity contribution < 1.29 is 13.2 Å². The molecule has 5 heteroatoms. The first kappa shape index (κ1) is 9.89. The minimum absolute atomic E-state index is 0.586. The summed E-state index contributed by atoms with van der Waals surface area (Å²) in [5.41, 5.74) is 0.279. The van der Waals surface area contributed by atoms with E-state index in [1.54, 1.807) is 7.85 Å². The molecule has 0 aliphatic rings. The smallest absolute Gasteiger partial charge is 0.166 e. The highest BCUT2D eigenvalue weighted by atomic mass is 127. The minimum Gasteiger partial charge on any atom is -0.166 e. The maximum Gasteiger partial charge on any atom is 0.416 e. The number of halogens is 4. The van der Waals surface area contributed by atoms with Crippen LogP contribution in [-0.2, 0) is 6.18 Å². The Morgan fingerprint density at radius 1 is 1.25 bits per heavy atom. The monoisotopic (exact) mass is 284 g/mol. The van der Waals surface area contributed by atoms with E-state index >= 15 is 0 Å². The molecule has 0 aliphatic carbocycles. The van der Waals surface area contributed by atoms with Crippen LogP contribution >= 0.6 is 22.6 Å². The van der Waals surface area contributed by atoms with E-state index in [2.05, 4.69) is 0 Å². The van der Waals surface area contributed by atoms with Crippen LogP contribution in [0.1, 0.15) is 5.56 Å².